The molecule has 0 radical (unpaired) electrons. The Labute approximate surface area is 109 Å². The van der Waals surface area contributed by atoms with Gasteiger partial charge >= 0.3 is 0 Å². The van der Waals surface area contributed by atoms with Gasteiger partial charge < -0.3 is 4.90 Å². The van der Waals surface area contributed by atoms with E-state index in [0.29, 0.717) is 6.54 Å². The van der Waals surface area contributed by atoms with Crippen molar-refractivity contribution in [3.05, 3.63) is 33.5 Å². The second-order valence-electron chi connectivity index (χ2n) is 4.47. The Kier molecular flexibility index (Phi) is 4.33. The van der Waals surface area contributed by atoms with Gasteiger partial charge in [-0.05, 0) is 48.1 Å². The minimum absolute atomic E-state index is 0.0503. The first-order valence-corrected chi connectivity index (χ1v) is 6.71. The van der Waals surface area contributed by atoms with Gasteiger partial charge in [0.2, 0.25) is 0 Å². The fourth-order valence-corrected chi connectivity index (χ4v) is 2.85. The van der Waals surface area contributed by atoms with Crippen molar-refractivity contribution in [1.29, 1.82) is 0 Å². The van der Waals surface area contributed by atoms with Gasteiger partial charge in [-0.3, -0.25) is 4.79 Å². The summed E-state index contributed by atoms with van der Waals surface area (Å²) in [6.45, 7) is 10.3. The molecule has 1 aromatic rings. The summed E-state index contributed by atoms with van der Waals surface area (Å²) in [7, 11) is 0. The molecular formula is C12H16BrNOS. The van der Waals surface area contributed by atoms with E-state index >= 15 is 0 Å². The van der Waals surface area contributed by atoms with E-state index in [4.69, 9.17) is 0 Å². The molecule has 0 fully saturated rings. The highest BCUT2D eigenvalue weighted by atomic mass is 79.9. The first-order valence-electron chi connectivity index (χ1n) is 5.03. The second-order valence-corrected chi connectivity index (χ2v) is 6.24. The Morgan fingerprint density at radius 3 is 2.62 bits per heavy atom. The molecule has 0 unspecified atom stereocenters. The molecule has 0 spiro atoms. The smallest absolute Gasteiger partial charge is 0.265 e. The number of carbonyl (C=O) groups excluding carboxylic acids is 1. The Morgan fingerprint density at radius 1 is 1.62 bits per heavy atom. The van der Waals surface area contributed by atoms with E-state index in [-0.39, 0.29) is 11.4 Å². The van der Waals surface area contributed by atoms with Crippen LogP contribution < -0.4 is 0 Å². The van der Waals surface area contributed by atoms with Gasteiger partial charge in [-0.1, -0.05) is 6.08 Å². The quantitative estimate of drug-likeness (QED) is 0.775. The summed E-state index contributed by atoms with van der Waals surface area (Å²) in [5, 5.41) is 1.91. The van der Waals surface area contributed by atoms with E-state index in [0.717, 1.165) is 9.35 Å². The number of hydrogen-bond donors (Lipinski definition) is 0. The topological polar surface area (TPSA) is 20.3 Å². The van der Waals surface area contributed by atoms with Gasteiger partial charge in [-0.2, -0.15) is 0 Å². The van der Waals surface area contributed by atoms with Crippen LogP contribution in [-0.2, 0) is 0 Å². The van der Waals surface area contributed by atoms with E-state index in [1.54, 1.807) is 6.08 Å². The molecule has 1 rings (SSSR count). The summed E-state index contributed by atoms with van der Waals surface area (Å²) < 4.78 is 0.862. The van der Waals surface area contributed by atoms with Gasteiger partial charge in [-0.15, -0.1) is 17.9 Å². The normalized spacial score (nSPS) is 11.2. The van der Waals surface area contributed by atoms with Crippen LogP contribution >= 0.6 is 27.3 Å². The van der Waals surface area contributed by atoms with Gasteiger partial charge in [0, 0.05) is 16.6 Å². The lowest BCUT2D eigenvalue weighted by Gasteiger charge is -2.34. The van der Waals surface area contributed by atoms with Crippen LogP contribution in [0.3, 0.4) is 0 Å². The van der Waals surface area contributed by atoms with Gasteiger partial charge in [-0.25, -0.2) is 0 Å². The van der Waals surface area contributed by atoms with Crippen molar-refractivity contribution in [2.24, 2.45) is 0 Å². The third-order valence-electron chi connectivity index (χ3n) is 2.18. The summed E-state index contributed by atoms with van der Waals surface area (Å²) in [6.07, 6.45) is 1.75. The van der Waals surface area contributed by atoms with Crippen molar-refractivity contribution < 1.29 is 4.79 Å². The average molecular weight is 302 g/mol. The zero-order chi connectivity index (χ0) is 12.3. The molecule has 4 heteroatoms. The van der Waals surface area contributed by atoms with Gasteiger partial charge in [0.15, 0.2) is 0 Å². The zero-order valence-electron chi connectivity index (χ0n) is 9.79. The maximum atomic E-state index is 12.3. The molecule has 1 heterocycles. The highest BCUT2D eigenvalue weighted by Gasteiger charge is 2.27. The number of nitrogens with zero attached hydrogens (tertiary/aromatic N) is 1. The molecule has 0 aliphatic rings. The summed E-state index contributed by atoms with van der Waals surface area (Å²) in [5.74, 6) is 0.0503. The number of halogens is 1. The maximum absolute atomic E-state index is 12.3. The molecule has 1 amide bonds. The third kappa shape index (κ3) is 2.95. The molecule has 0 saturated heterocycles. The van der Waals surface area contributed by atoms with E-state index in [1.165, 1.54) is 11.3 Å². The predicted molar refractivity (Wildman–Crippen MR) is 73.0 cm³/mol. The first kappa shape index (κ1) is 13.5. The molecule has 0 N–H and O–H groups in total. The van der Waals surface area contributed by atoms with E-state index in [1.807, 2.05) is 37.1 Å². The Balaban J connectivity index is 3.01. The Morgan fingerprint density at radius 2 is 2.25 bits per heavy atom. The van der Waals surface area contributed by atoms with E-state index in [2.05, 4.69) is 22.5 Å². The molecule has 0 aliphatic heterocycles. The number of rotatable bonds is 3. The van der Waals surface area contributed by atoms with Crippen LogP contribution in [0, 0.1) is 0 Å². The van der Waals surface area contributed by atoms with Crippen LogP contribution in [0.4, 0.5) is 0 Å². The minimum Gasteiger partial charge on any atom is -0.329 e. The number of amides is 1. The maximum Gasteiger partial charge on any atom is 0.265 e. The lowest BCUT2D eigenvalue weighted by Crippen LogP contribution is -2.45. The first-order chi connectivity index (χ1) is 7.38. The molecule has 0 aromatic carbocycles. The second kappa shape index (κ2) is 5.15. The van der Waals surface area contributed by atoms with Crippen molar-refractivity contribution in [1.82, 2.24) is 4.90 Å². The fraction of sp³-hybridized carbons (Fsp3) is 0.417. The molecule has 0 atom stereocenters. The molecular weight excluding hydrogens is 286 g/mol. The van der Waals surface area contributed by atoms with Crippen molar-refractivity contribution >= 4 is 33.2 Å². The zero-order valence-corrected chi connectivity index (χ0v) is 12.2. The van der Waals surface area contributed by atoms with Crippen LogP contribution in [0.15, 0.2) is 28.6 Å². The molecule has 1 aromatic heterocycles. The summed E-state index contributed by atoms with van der Waals surface area (Å²) in [5.41, 5.74) is -0.200. The Bertz CT molecular complexity index is 392. The van der Waals surface area contributed by atoms with Gasteiger partial charge in [0.05, 0.1) is 0 Å². The lowest BCUT2D eigenvalue weighted by molar-refractivity contribution is 0.0621. The number of thiophene rings is 1. The van der Waals surface area contributed by atoms with Crippen LogP contribution in [-0.4, -0.2) is 22.9 Å². The summed E-state index contributed by atoms with van der Waals surface area (Å²) >= 11 is 4.85. The van der Waals surface area contributed by atoms with Crippen molar-refractivity contribution in [3.63, 3.8) is 0 Å². The van der Waals surface area contributed by atoms with Crippen LogP contribution in [0.5, 0.6) is 0 Å². The SMILES string of the molecule is C=CCN(C(=O)c1sccc1Br)C(C)(C)C. The molecule has 2 nitrogen and oxygen atoms in total. The molecule has 88 valence electrons. The van der Waals surface area contributed by atoms with Crippen LogP contribution in [0.2, 0.25) is 0 Å². The minimum atomic E-state index is -0.200. The average Bonchev–Trinajstić information content (AvgIpc) is 2.58. The Hall–Kier alpha value is -0.610. The highest BCUT2D eigenvalue weighted by Crippen LogP contribution is 2.26. The third-order valence-corrected chi connectivity index (χ3v) is 4.00. The highest BCUT2D eigenvalue weighted by molar-refractivity contribution is 9.10. The van der Waals surface area contributed by atoms with Gasteiger partial charge in [0.25, 0.3) is 5.91 Å². The van der Waals surface area contributed by atoms with Crippen LogP contribution in [0.1, 0.15) is 30.4 Å². The van der Waals surface area contributed by atoms with Crippen LogP contribution in [0.25, 0.3) is 0 Å². The monoisotopic (exact) mass is 301 g/mol. The van der Waals surface area contributed by atoms with Crippen molar-refractivity contribution in [3.8, 4) is 0 Å². The molecule has 16 heavy (non-hydrogen) atoms. The predicted octanol–water partition coefficient (Wildman–Crippen LogP) is 3.94. The largest absolute Gasteiger partial charge is 0.329 e. The van der Waals surface area contributed by atoms with Crippen molar-refractivity contribution in [2.75, 3.05) is 6.54 Å². The molecule has 0 aliphatic carbocycles. The number of hydrogen-bond acceptors (Lipinski definition) is 2. The lowest BCUT2D eigenvalue weighted by atomic mass is 10.1. The number of carbonyl (C=O) groups is 1. The molecule has 0 saturated carbocycles. The fourth-order valence-electron chi connectivity index (χ4n) is 1.36. The van der Waals surface area contributed by atoms with Gasteiger partial charge in [0.1, 0.15) is 4.88 Å². The summed E-state index contributed by atoms with van der Waals surface area (Å²) in [6, 6.07) is 1.90. The summed E-state index contributed by atoms with van der Waals surface area (Å²) in [4.78, 5) is 14.9. The standard InChI is InChI=1S/C12H16BrNOS/c1-5-7-14(12(2,3)4)11(15)10-9(13)6-8-16-10/h5-6,8H,1,7H2,2-4H3. The van der Waals surface area contributed by atoms with E-state index in [9.17, 15) is 4.79 Å². The molecule has 0 bridgehead atoms. The van der Waals surface area contributed by atoms with E-state index < -0.39 is 0 Å². The van der Waals surface area contributed by atoms with Crippen molar-refractivity contribution in [2.45, 2.75) is 26.3 Å².